The summed E-state index contributed by atoms with van der Waals surface area (Å²) in [6.45, 7) is 11.1. The summed E-state index contributed by atoms with van der Waals surface area (Å²) in [6.07, 6.45) is 13.4. The SMILES string of the molecule is CC(CO)OC(O)C(CO)C(=O)C12CCCC(C)C1C1=CCC3C(C)(CCC4C(C)CCCC43C)C1CC2. The van der Waals surface area contributed by atoms with E-state index in [1.54, 1.807) is 6.92 Å². The molecule has 12 atom stereocenters. The summed E-state index contributed by atoms with van der Waals surface area (Å²) in [4.78, 5) is 14.4. The Balaban J connectivity index is 1.49. The highest BCUT2D eigenvalue weighted by Crippen LogP contribution is 2.70. The molecular weight excluding hydrogens is 476 g/mol. The van der Waals surface area contributed by atoms with Gasteiger partial charge in [0.1, 0.15) is 5.78 Å². The summed E-state index contributed by atoms with van der Waals surface area (Å²) >= 11 is 0. The van der Waals surface area contributed by atoms with Crippen LogP contribution in [0.15, 0.2) is 11.6 Å². The van der Waals surface area contributed by atoms with Gasteiger partial charge in [-0.2, -0.15) is 0 Å². The van der Waals surface area contributed by atoms with Gasteiger partial charge in [0.05, 0.1) is 25.2 Å². The van der Waals surface area contributed by atoms with E-state index in [1.807, 2.05) is 0 Å². The average molecular weight is 531 g/mol. The Labute approximate surface area is 230 Å². The molecule has 5 aliphatic rings. The fourth-order valence-corrected chi connectivity index (χ4v) is 11.2. The summed E-state index contributed by atoms with van der Waals surface area (Å²) in [5, 5.41) is 30.5. The Morgan fingerprint density at radius 2 is 1.68 bits per heavy atom. The third kappa shape index (κ3) is 4.28. The minimum absolute atomic E-state index is 0.0161. The van der Waals surface area contributed by atoms with Crippen LogP contribution >= 0.6 is 0 Å². The third-order valence-corrected chi connectivity index (χ3v) is 13.0. The van der Waals surface area contributed by atoms with Crippen LogP contribution in [0.25, 0.3) is 0 Å². The van der Waals surface area contributed by atoms with Crippen molar-refractivity contribution < 1.29 is 24.9 Å². The van der Waals surface area contributed by atoms with Crippen LogP contribution in [0.2, 0.25) is 0 Å². The molecule has 38 heavy (non-hydrogen) atoms. The first-order valence-electron chi connectivity index (χ1n) is 15.8. The van der Waals surface area contributed by atoms with Crippen molar-refractivity contribution in [3.8, 4) is 0 Å². The van der Waals surface area contributed by atoms with Gasteiger partial charge in [0.15, 0.2) is 6.29 Å². The van der Waals surface area contributed by atoms with E-state index in [2.05, 4.69) is 33.8 Å². The summed E-state index contributed by atoms with van der Waals surface area (Å²) in [6, 6.07) is 0. The summed E-state index contributed by atoms with van der Waals surface area (Å²) < 4.78 is 5.54. The Morgan fingerprint density at radius 3 is 2.39 bits per heavy atom. The van der Waals surface area contributed by atoms with Crippen LogP contribution in [-0.4, -0.2) is 46.7 Å². The molecule has 0 heterocycles. The van der Waals surface area contributed by atoms with E-state index in [9.17, 15) is 20.1 Å². The molecule has 0 radical (unpaired) electrons. The Kier molecular flexibility index (Phi) is 8.01. The second-order valence-corrected chi connectivity index (χ2v) is 14.8. The number of aliphatic hydroxyl groups is 3. The Morgan fingerprint density at radius 1 is 0.974 bits per heavy atom. The minimum atomic E-state index is -1.40. The smallest absolute Gasteiger partial charge is 0.166 e. The molecule has 0 spiro atoms. The predicted molar refractivity (Wildman–Crippen MR) is 149 cm³/mol. The Bertz CT molecular complexity index is 915. The van der Waals surface area contributed by atoms with Gasteiger partial charge in [-0.1, -0.05) is 65.0 Å². The molecule has 0 aromatic heterocycles. The molecule has 4 fully saturated rings. The number of ether oxygens (including phenoxy) is 1. The van der Waals surface area contributed by atoms with E-state index in [4.69, 9.17) is 4.74 Å². The maximum atomic E-state index is 14.4. The molecule has 216 valence electrons. The van der Waals surface area contributed by atoms with Crippen LogP contribution in [-0.2, 0) is 9.53 Å². The van der Waals surface area contributed by atoms with Gasteiger partial charge in [0.2, 0.25) is 0 Å². The molecule has 0 saturated heterocycles. The average Bonchev–Trinajstić information content (AvgIpc) is 2.88. The molecule has 12 unspecified atom stereocenters. The van der Waals surface area contributed by atoms with Crippen molar-refractivity contribution in [1.82, 2.24) is 0 Å². The zero-order valence-corrected chi connectivity index (χ0v) is 24.6. The van der Waals surface area contributed by atoms with Gasteiger partial charge < -0.3 is 20.1 Å². The lowest BCUT2D eigenvalue weighted by molar-refractivity contribution is -0.191. The predicted octanol–water partition coefficient (Wildman–Crippen LogP) is 5.90. The highest BCUT2D eigenvalue weighted by Gasteiger charge is 2.64. The molecule has 5 aliphatic carbocycles. The van der Waals surface area contributed by atoms with Crippen molar-refractivity contribution in [3.05, 3.63) is 11.6 Å². The molecule has 3 N–H and O–H groups in total. The minimum Gasteiger partial charge on any atom is -0.395 e. The largest absolute Gasteiger partial charge is 0.395 e. The maximum absolute atomic E-state index is 14.4. The van der Waals surface area contributed by atoms with Crippen LogP contribution < -0.4 is 0 Å². The van der Waals surface area contributed by atoms with E-state index in [-0.39, 0.29) is 23.7 Å². The van der Waals surface area contributed by atoms with Gasteiger partial charge >= 0.3 is 0 Å². The van der Waals surface area contributed by atoms with E-state index < -0.39 is 30.3 Å². The van der Waals surface area contributed by atoms with Gasteiger partial charge in [0.25, 0.3) is 0 Å². The number of hydrogen-bond donors (Lipinski definition) is 3. The van der Waals surface area contributed by atoms with Crippen LogP contribution in [0.4, 0.5) is 0 Å². The van der Waals surface area contributed by atoms with Crippen molar-refractivity contribution in [2.45, 2.75) is 118 Å². The van der Waals surface area contributed by atoms with Crippen LogP contribution in [0.1, 0.15) is 105 Å². The second-order valence-electron chi connectivity index (χ2n) is 14.8. The number of rotatable bonds is 7. The number of allylic oxidation sites excluding steroid dienone is 2. The fraction of sp³-hybridized carbons (Fsp3) is 0.909. The molecule has 0 aliphatic heterocycles. The first kappa shape index (κ1) is 28.8. The summed E-state index contributed by atoms with van der Waals surface area (Å²) in [5.74, 6) is 2.53. The van der Waals surface area contributed by atoms with E-state index in [1.165, 1.54) is 37.7 Å². The number of aliphatic hydroxyl groups excluding tert-OH is 3. The van der Waals surface area contributed by atoms with Crippen molar-refractivity contribution >= 4 is 5.78 Å². The molecule has 4 saturated carbocycles. The monoisotopic (exact) mass is 530 g/mol. The molecule has 5 heteroatoms. The van der Waals surface area contributed by atoms with Crippen LogP contribution in [0.3, 0.4) is 0 Å². The van der Waals surface area contributed by atoms with Gasteiger partial charge in [-0.25, -0.2) is 0 Å². The van der Waals surface area contributed by atoms with Gasteiger partial charge in [-0.05, 0) is 98.2 Å². The lowest BCUT2D eigenvalue weighted by Crippen LogP contribution is -2.60. The van der Waals surface area contributed by atoms with Gasteiger partial charge in [0, 0.05) is 5.41 Å². The molecule has 5 nitrogen and oxygen atoms in total. The van der Waals surface area contributed by atoms with E-state index >= 15 is 0 Å². The van der Waals surface area contributed by atoms with Crippen molar-refractivity contribution in [3.63, 3.8) is 0 Å². The number of carbonyl (C=O) groups is 1. The van der Waals surface area contributed by atoms with Crippen LogP contribution in [0.5, 0.6) is 0 Å². The normalized spacial score (nSPS) is 46.9. The number of Topliss-reactive ketones (excluding diaryl/α,β-unsaturated/α-hetero) is 1. The van der Waals surface area contributed by atoms with E-state index in [0.29, 0.717) is 23.2 Å². The summed E-state index contributed by atoms with van der Waals surface area (Å²) in [5.41, 5.74) is 1.71. The number of hydrogen-bond acceptors (Lipinski definition) is 5. The molecule has 5 rings (SSSR count). The topological polar surface area (TPSA) is 87.0 Å². The first-order chi connectivity index (χ1) is 18.0. The standard InChI is InChI=1S/C33H54O5/c1-20-8-6-14-31(4)25(20)12-16-32(5)26-13-17-33(29(36)24(19-35)30(37)38-22(3)18-34)15-7-9-21(2)28(33)23(26)10-11-27(31)32/h10,20-22,24-28,30,34-35,37H,6-9,11-19H2,1-5H3. The summed E-state index contributed by atoms with van der Waals surface area (Å²) in [7, 11) is 0. The maximum Gasteiger partial charge on any atom is 0.166 e. The zero-order chi connectivity index (χ0) is 27.5. The van der Waals surface area contributed by atoms with Crippen LogP contribution in [0, 0.1) is 57.7 Å². The highest BCUT2D eigenvalue weighted by atomic mass is 16.6. The quantitative estimate of drug-likeness (QED) is 0.282. The van der Waals surface area contributed by atoms with Crippen molar-refractivity contribution in [1.29, 1.82) is 0 Å². The highest BCUT2D eigenvalue weighted by molar-refractivity contribution is 5.88. The zero-order valence-electron chi connectivity index (χ0n) is 24.6. The molecular formula is C33H54O5. The molecule has 0 amide bonds. The Hall–Kier alpha value is -0.750. The lowest BCUT2D eigenvalue weighted by atomic mass is 9.38. The molecule has 0 aromatic rings. The number of ketones is 1. The van der Waals surface area contributed by atoms with Gasteiger partial charge in [-0.15, -0.1) is 0 Å². The van der Waals surface area contributed by atoms with Crippen molar-refractivity contribution in [2.75, 3.05) is 13.2 Å². The fourth-order valence-electron chi connectivity index (χ4n) is 11.2. The van der Waals surface area contributed by atoms with E-state index in [0.717, 1.165) is 50.4 Å². The second kappa shape index (κ2) is 10.6. The molecule has 0 aromatic carbocycles. The first-order valence-corrected chi connectivity index (χ1v) is 15.8. The number of carbonyl (C=O) groups excluding carboxylic acids is 1. The molecule has 0 bridgehead atoms. The third-order valence-electron chi connectivity index (χ3n) is 13.0. The lowest BCUT2D eigenvalue weighted by Gasteiger charge is -2.66. The van der Waals surface area contributed by atoms with Gasteiger partial charge in [-0.3, -0.25) is 4.79 Å². The van der Waals surface area contributed by atoms with Crippen molar-refractivity contribution in [2.24, 2.45) is 57.7 Å². The number of fused-ring (bicyclic) bond motifs is 7.